The molecule has 3 N–H and O–H groups in total. The van der Waals surface area contributed by atoms with Gasteiger partial charge in [0, 0.05) is 66.2 Å². The van der Waals surface area contributed by atoms with Gasteiger partial charge in [-0.1, -0.05) is 6.07 Å². The van der Waals surface area contributed by atoms with Crippen LogP contribution in [0.1, 0.15) is 38.3 Å². The lowest BCUT2D eigenvalue weighted by Crippen LogP contribution is -2.59. The van der Waals surface area contributed by atoms with Crippen molar-refractivity contribution in [3.05, 3.63) is 48.5 Å². The molecule has 0 bridgehead atoms. The predicted octanol–water partition coefficient (Wildman–Crippen LogP) is 4.48. The number of fused-ring (bicyclic) bond motifs is 4. The monoisotopic (exact) mass is 553 g/mol. The van der Waals surface area contributed by atoms with Crippen LogP contribution in [0.5, 0.6) is 0 Å². The zero-order valence-corrected chi connectivity index (χ0v) is 23.3. The number of anilines is 1. The van der Waals surface area contributed by atoms with Crippen molar-refractivity contribution in [2.24, 2.45) is 7.05 Å². The van der Waals surface area contributed by atoms with Gasteiger partial charge < -0.3 is 20.4 Å². The minimum atomic E-state index is -0.464. The summed E-state index contributed by atoms with van der Waals surface area (Å²) in [6.45, 7) is 4.62. The minimum absolute atomic E-state index is 0.0560. The van der Waals surface area contributed by atoms with Crippen molar-refractivity contribution in [3.63, 3.8) is 0 Å². The van der Waals surface area contributed by atoms with Gasteiger partial charge in [0.2, 0.25) is 0 Å². The number of aromatic nitrogens is 6. The number of hydrogen-bond donors (Lipinski definition) is 3. The summed E-state index contributed by atoms with van der Waals surface area (Å²) in [5, 5.41) is 16.8. The van der Waals surface area contributed by atoms with E-state index < -0.39 is 6.09 Å². The van der Waals surface area contributed by atoms with E-state index in [-0.39, 0.29) is 24.2 Å². The Balaban J connectivity index is 1.42. The molecule has 2 aliphatic rings. The topological polar surface area (TPSA) is 135 Å². The number of aromatic amines is 1. The molecule has 210 valence electrons. The fraction of sp³-hybridized carbons (Fsp3) is 0.345. The largest absolute Gasteiger partial charge is 0.453 e. The van der Waals surface area contributed by atoms with E-state index in [0.717, 1.165) is 49.9 Å². The van der Waals surface area contributed by atoms with Gasteiger partial charge in [0.25, 0.3) is 0 Å². The molecule has 12 heteroatoms. The van der Waals surface area contributed by atoms with Crippen molar-refractivity contribution in [3.8, 4) is 22.4 Å². The second kappa shape index (κ2) is 9.36. The predicted molar refractivity (Wildman–Crippen MR) is 154 cm³/mol. The number of carbonyl (C=O) groups is 2. The molecule has 0 unspecified atom stereocenters. The molecular formula is C29H31N9O3. The number of hydrogen-bond acceptors (Lipinski definition) is 6. The van der Waals surface area contributed by atoms with Crippen LogP contribution in [0, 0.1) is 0 Å². The summed E-state index contributed by atoms with van der Waals surface area (Å²) < 4.78 is 8.55. The van der Waals surface area contributed by atoms with Gasteiger partial charge >= 0.3 is 12.1 Å². The molecule has 1 saturated carbocycles. The van der Waals surface area contributed by atoms with Gasteiger partial charge in [-0.25, -0.2) is 14.6 Å². The number of amides is 3. The van der Waals surface area contributed by atoms with Crippen molar-refractivity contribution < 1.29 is 14.3 Å². The SMILES string of the molecule is COC(=O)NC1CC(N2C(=O)NCc3cnc4[nH]c(-c5cnn(C)c5)c(-c5ccc6c(cnn6C(C)C)c5)c4c32)C1. The Labute approximate surface area is 235 Å². The summed E-state index contributed by atoms with van der Waals surface area (Å²) in [5.74, 6) is 0. The first-order valence-electron chi connectivity index (χ1n) is 13.7. The first-order valence-corrected chi connectivity index (χ1v) is 13.7. The quantitative estimate of drug-likeness (QED) is 0.294. The highest BCUT2D eigenvalue weighted by atomic mass is 16.5. The number of methoxy groups -OCH3 is 1. The highest BCUT2D eigenvalue weighted by Crippen LogP contribution is 2.46. The molecule has 3 amide bonds. The maximum Gasteiger partial charge on any atom is 0.407 e. The zero-order valence-electron chi connectivity index (χ0n) is 23.3. The Hall–Kier alpha value is -4.87. The Morgan fingerprint density at radius 3 is 2.71 bits per heavy atom. The van der Waals surface area contributed by atoms with E-state index in [9.17, 15) is 9.59 Å². The number of nitrogens with zero attached hydrogens (tertiary/aromatic N) is 6. The Bertz CT molecular complexity index is 1830. The molecule has 5 aromatic rings. The Morgan fingerprint density at radius 2 is 1.98 bits per heavy atom. The van der Waals surface area contributed by atoms with Gasteiger partial charge in [-0.15, -0.1) is 0 Å². The molecule has 0 atom stereocenters. The molecule has 0 spiro atoms. The van der Waals surface area contributed by atoms with E-state index >= 15 is 0 Å². The summed E-state index contributed by atoms with van der Waals surface area (Å²) >= 11 is 0. The molecule has 4 aromatic heterocycles. The van der Waals surface area contributed by atoms with Crippen molar-refractivity contribution in [1.82, 2.24) is 40.2 Å². The van der Waals surface area contributed by atoms with Gasteiger partial charge in [-0.2, -0.15) is 10.2 Å². The molecule has 1 fully saturated rings. The average Bonchev–Trinajstić information content (AvgIpc) is 3.66. The second-order valence-electron chi connectivity index (χ2n) is 11.1. The number of alkyl carbamates (subject to hydrolysis) is 1. The molecule has 0 saturated heterocycles. The van der Waals surface area contributed by atoms with E-state index in [1.54, 1.807) is 4.68 Å². The number of benzene rings is 1. The van der Waals surface area contributed by atoms with E-state index in [4.69, 9.17) is 9.72 Å². The standard InChI is InChI=1S/C29H31N9O3/c1-15(2)38-22-6-5-16(7-17(22)12-33-38)23-24-26-18(10-30-27(24)35-25(23)19-13-32-36(3)14-19)11-31-28(39)37(26)21-8-20(9-21)34-29(40)41-4/h5-7,10,12-15,20-21H,8-9,11H2,1-4H3,(H,30,35)(H,31,39)(H,34,40). The molecule has 1 aromatic carbocycles. The van der Waals surface area contributed by atoms with E-state index in [2.05, 4.69) is 57.9 Å². The van der Waals surface area contributed by atoms with Crippen LogP contribution in [0.4, 0.5) is 15.3 Å². The number of ether oxygens (including phenoxy) is 1. The number of H-pyrrole nitrogens is 1. The van der Waals surface area contributed by atoms with Crippen LogP contribution >= 0.6 is 0 Å². The van der Waals surface area contributed by atoms with Crippen LogP contribution in [0.15, 0.2) is 43.0 Å². The van der Waals surface area contributed by atoms with Crippen LogP contribution in [0.25, 0.3) is 44.3 Å². The molecule has 12 nitrogen and oxygen atoms in total. The van der Waals surface area contributed by atoms with Gasteiger partial charge in [0.15, 0.2) is 0 Å². The smallest absolute Gasteiger partial charge is 0.407 e. The summed E-state index contributed by atoms with van der Waals surface area (Å²) in [7, 11) is 3.24. The fourth-order valence-electron chi connectivity index (χ4n) is 6.11. The average molecular weight is 554 g/mol. The number of urea groups is 1. The first kappa shape index (κ1) is 25.1. The Kier molecular flexibility index (Phi) is 5.73. The molecule has 1 aliphatic carbocycles. The van der Waals surface area contributed by atoms with Crippen LogP contribution in [-0.4, -0.2) is 60.8 Å². The number of rotatable bonds is 5. The maximum atomic E-state index is 13.4. The van der Waals surface area contributed by atoms with Gasteiger partial charge in [-0.05, 0) is 44.4 Å². The lowest BCUT2D eigenvalue weighted by molar-refractivity contribution is 0.156. The maximum absolute atomic E-state index is 13.4. The van der Waals surface area contributed by atoms with Gasteiger partial charge in [0.1, 0.15) is 5.65 Å². The number of carbonyl (C=O) groups excluding carboxylic acids is 2. The third kappa shape index (κ3) is 4.00. The molecule has 5 heterocycles. The normalized spacial score (nSPS) is 18.5. The highest BCUT2D eigenvalue weighted by molar-refractivity contribution is 6.14. The zero-order chi connectivity index (χ0) is 28.4. The van der Waals surface area contributed by atoms with Crippen LogP contribution in [0.3, 0.4) is 0 Å². The number of pyridine rings is 1. The van der Waals surface area contributed by atoms with Crippen molar-refractivity contribution in [2.75, 3.05) is 12.0 Å². The van der Waals surface area contributed by atoms with Gasteiger partial charge in [-0.3, -0.25) is 14.3 Å². The van der Waals surface area contributed by atoms with Gasteiger partial charge in [0.05, 0.1) is 41.8 Å². The molecule has 7 rings (SSSR count). The summed E-state index contributed by atoms with van der Waals surface area (Å²) in [5.41, 5.74) is 7.29. The van der Waals surface area contributed by atoms with Crippen LogP contribution in [0.2, 0.25) is 0 Å². The number of nitrogens with one attached hydrogen (secondary N) is 3. The molecule has 41 heavy (non-hydrogen) atoms. The van der Waals surface area contributed by atoms with Crippen molar-refractivity contribution in [1.29, 1.82) is 0 Å². The second-order valence-corrected chi connectivity index (χ2v) is 11.1. The van der Waals surface area contributed by atoms with E-state index in [1.807, 2.05) is 41.4 Å². The molecule has 0 radical (unpaired) electrons. The van der Waals surface area contributed by atoms with Crippen LogP contribution < -0.4 is 15.5 Å². The van der Waals surface area contributed by atoms with E-state index in [0.29, 0.717) is 25.0 Å². The summed E-state index contributed by atoms with van der Waals surface area (Å²) in [4.78, 5) is 35.4. The third-order valence-electron chi connectivity index (χ3n) is 8.11. The first-order chi connectivity index (χ1) is 19.8. The number of aryl methyl sites for hydroxylation is 1. The van der Waals surface area contributed by atoms with Crippen LogP contribution in [-0.2, 0) is 18.3 Å². The lowest BCUT2D eigenvalue weighted by Gasteiger charge is -2.45. The Morgan fingerprint density at radius 1 is 1.15 bits per heavy atom. The third-order valence-corrected chi connectivity index (χ3v) is 8.11. The fourth-order valence-corrected chi connectivity index (χ4v) is 6.11. The highest BCUT2D eigenvalue weighted by Gasteiger charge is 2.41. The molecular weight excluding hydrogens is 522 g/mol. The van der Waals surface area contributed by atoms with Crippen molar-refractivity contribution in [2.45, 2.75) is 51.4 Å². The summed E-state index contributed by atoms with van der Waals surface area (Å²) in [6, 6.07) is 6.30. The lowest BCUT2D eigenvalue weighted by atomic mass is 9.84. The van der Waals surface area contributed by atoms with Crippen molar-refractivity contribution >= 4 is 39.7 Å². The summed E-state index contributed by atoms with van der Waals surface area (Å²) in [6.07, 6.45) is 8.31. The van der Waals surface area contributed by atoms with E-state index in [1.165, 1.54) is 7.11 Å². The molecule has 1 aliphatic heterocycles. The minimum Gasteiger partial charge on any atom is -0.453 e.